The molecule has 1 aliphatic rings. The second-order valence-corrected chi connectivity index (χ2v) is 10.7. The van der Waals surface area contributed by atoms with E-state index in [1.54, 1.807) is 0 Å². The first-order chi connectivity index (χ1) is 14.1. The van der Waals surface area contributed by atoms with Crippen molar-refractivity contribution in [1.29, 1.82) is 0 Å². The van der Waals surface area contributed by atoms with Crippen molar-refractivity contribution in [2.45, 2.75) is 79.7 Å². The molecule has 0 bridgehead atoms. The molecule has 3 heteroatoms. The normalized spacial score (nSPS) is 21.3. The zero-order valence-corrected chi connectivity index (χ0v) is 19.7. The molecule has 1 N–H and O–H groups in total. The topological polar surface area (TPSA) is 29.9 Å². The van der Waals surface area contributed by atoms with Crippen LogP contribution in [0.5, 0.6) is 0 Å². The van der Waals surface area contributed by atoms with E-state index in [1.165, 1.54) is 41.5 Å². The molecule has 2 aromatic carbocycles. The van der Waals surface area contributed by atoms with Gasteiger partial charge in [-0.15, -0.1) is 0 Å². The lowest BCUT2D eigenvalue weighted by molar-refractivity contribution is 0.140. The summed E-state index contributed by atoms with van der Waals surface area (Å²) in [5.74, 6) is 2.24. The number of imidazole rings is 1. The van der Waals surface area contributed by atoms with Crippen LogP contribution in [0.3, 0.4) is 0 Å². The molecule has 1 saturated carbocycles. The van der Waals surface area contributed by atoms with Crippen LogP contribution in [0.2, 0.25) is 0 Å². The van der Waals surface area contributed by atoms with Crippen LogP contribution in [0.1, 0.15) is 82.5 Å². The number of nitrogens with one attached hydrogen (secondary N) is 1. The highest BCUT2D eigenvalue weighted by Crippen LogP contribution is 2.46. The minimum absolute atomic E-state index is 0.355. The number of rotatable bonds is 4. The Kier molecular flexibility index (Phi) is 5.42. The van der Waals surface area contributed by atoms with E-state index in [4.69, 9.17) is 4.98 Å². The molecule has 0 amide bonds. The van der Waals surface area contributed by atoms with Crippen LogP contribution in [0.15, 0.2) is 36.4 Å². The van der Waals surface area contributed by atoms with E-state index in [0.29, 0.717) is 17.4 Å². The smallest absolute Gasteiger partial charge is 0.208 e. The summed E-state index contributed by atoms with van der Waals surface area (Å²) in [4.78, 5) is 5.11. The second kappa shape index (κ2) is 7.76. The third-order valence-corrected chi connectivity index (χ3v) is 6.69. The van der Waals surface area contributed by atoms with E-state index in [2.05, 4.69) is 94.7 Å². The Morgan fingerprint density at radius 2 is 1.77 bits per heavy atom. The predicted molar refractivity (Wildman–Crippen MR) is 129 cm³/mol. The Morgan fingerprint density at radius 3 is 2.40 bits per heavy atom. The first kappa shape index (κ1) is 21.0. The molecule has 0 aliphatic heterocycles. The Morgan fingerprint density at radius 1 is 1.07 bits per heavy atom. The van der Waals surface area contributed by atoms with E-state index in [9.17, 15) is 0 Å². The standard InChI is InChI=1S/C27H37N3/c1-17(2)21-8-10-22(11-9-21)28-26-29-25-20(5)12-18(3)14-24(25)30(26)23-13-19(4)15-27(6,7)16-23/h8-12,14,17,19,23H,13,15-16H2,1-7H3,(H,28,29)/t19-,23+/m1/s1. The molecule has 1 fully saturated rings. The number of benzene rings is 2. The molecule has 0 unspecified atom stereocenters. The molecule has 0 radical (unpaired) electrons. The first-order valence-electron chi connectivity index (χ1n) is 11.5. The van der Waals surface area contributed by atoms with Gasteiger partial charge in [0.05, 0.1) is 11.0 Å². The van der Waals surface area contributed by atoms with Gasteiger partial charge in [0.15, 0.2) is 0 Å². The van der Waals surface area contributed by atoms with Crippen LogP contribution in [0.25, 0.3) is 11.0 Å². The van der Waals surface area contributed by atoms with Crippen molar-refractivity contribution in [3.63, 3.8) is 0 Å². The molecule has 0 saturated heterocycles. The van der Waals surface area contributed by atoms with Gasteiger partial charge in [-0.3, -0.25) is 0 Å². The van der Waals surface area contributed by atoms with Crippen molar-refractivity contribution < 1.29 is 0 Å². The van der Waals surface area contributed by atoms with Crippen molar-refractivity contribution in [3.05, 3.63) is 53.1 Å². The maximum absolute atomic E-state index is 5.11. The van der Waals surface area contributed by atoms with Gasteiger partial charge in [0.25, 0.3) is 0 Å². The summed E-state index contributed by atoms with van der Waals surface area (Å²) in [6.07, 6.45) is 3.70. The fraction of sp³-hybridized carbons (Fsp3) is 0.519. The second-order valence-electron chi connectivity index (χ2n) is 10.7. The van der Waals surface area contributed by atoms with Crippen molar-refractivity contribution in [3.8, 4) is 0 Å². The van der Waals surface area contributed by atoms with Gasteiger partial charge in [-0.05, 0) is 85.3 Å². The number of nitrogens with zero attached hydrogens (tertiary/aromatic N) is 2. The Bertz CT molecular complexity index is 1040. The highest BCUT2D eigenvalue weighted by molar-refractivity contribution is 5.83. The van der Waals surface area contributed by atoms with Gasteiger partial charge in [-0.25, -0.2) is 4.98 Å². The molecule has 1 aromatic heterocycles. The number of anilines is 2. The highest BCUT2D eigenvalue weighted by atomic mass is 15.2. The van der Waals surface area contributed by atoms with Crippen LogP contribution in [0, 0.1) is 25.2 Å². The average Bonchev–Trinajstić information content (AvgIpc) is 2.98. The van der Waals surface area contributed by atoms with E-state index in [-0.39, 0.29) is 0 Å². The van der Waals surface area contributed by atoms with Crippen molar-refractivity contribution >= 4 is 22.7 Å². The van der Waals surface area contributed by atoms with Crippen LogP contribution in [-0.2, 0) is 0 Å². The van der Waals surface area contributed by atoms with E-state index in [1.807, 2.05) is 0 Å². The largest absolute Gasteiger partial charge is 0.326 e. The van der Waals surface area contributed by atoms with Crippen LogP contribution >= 0.6 is 0 Å². The Balaban J connectivity index is 1.80. The van der Waals surface area contributed by atoms with Gasteiger partial charge in [-0.1, -0.05) is 52.8 Å². The lowest BCUT2D eigenvalue weighted by atomic mass is 9.70. The number of aromatic nitrogens is 2. The van der Waals surface area contributed by atoms with Crippen molar-refractivity contribution in [2.75, 3.05) is 5.32 Å². The average molecular weight is 404 g/mol. The lowest BCUT2D eigenvalue weighted by Crippen LogP contribution is -2.29. The van der Waals surface area contributed by atoms with Crippen LogP contribution in [0.4, 0.5) is 11.6 Å². The summed E-state index contributed by atoms with van der Waals surface area (Å²) in [5.41, 5.74) is 7.77. The minimum Gasteiger partial charge on any atom is -0.326 e. The maximum atomic E-state index is 5.11. The van der Waals surface area contributed by atoms with Crippen LogP contribution < -0.4 is 5.32 Å². The summed E-state index contributed by atoms with van der Waals surface area (Å²) in [7, 11) is 0. The predicted octanol–water partition coefficient (Wildman–Crippen LogP) is 7.91. The highest BCUT2D eigenvalue weighted by Gasteiger charge is 2.34. The molecule has 160 valence electrons. The fourth-order valence-corrected chi connectivity index (χ4v) is 5.57. The first-order valence-corrected chi connectivity index (χ1v) is 11.5. The summed E-state index contributed by atoms with van der Waals surface area (Å²) >= 11 is 0. The molecule has 0 spiro atoms. The van der Waals surface area contributed by atoms with E-state index < -0.39 is 0 Å². The number of aryl methyl sites for hydroxylation is 2. The molecule has 4 rings (SSSR count). The van der Waals surface area contributed by atoms with Crippen LogP contribution in [-0.4, -0.2) is 9.55 Å². The van der Waals surface area contributed by atoms with Gasteiger partial charge in [0, 0.05) is 11.7 Å². The van der Waals surface area contributed by atoms with Gasteiger partial charge in [0.1, 0.15) is 0 Å². The van der Waals surface area contributed by atoms with Gasteiger partial charge < -0.3 is 9.88 Å². The molecular weight excluding hydrogens is 366 g/mol. The summed E-state index contributed by atoms with van der Waals surface area (Å²) in [6.45, 7) is 16.1. The third-order valence-electron chi connectivity index (χ3n) is 6.69. The van der Waals surface area contributed by atoms with Gasteiger partial charge in [-0.2, -0.15) is 0 Å². The zero-order valence-electron chi connectivity index (χ0n) is 19.7. The number of hydrogen-bond acceptors (Lipinski definition) is 2. The zero-order chi connectivity index (χ0) is 21.6. The minimum atomic E-state index is 0.355. The summed E-state index contributed by atoms with van der Waals surface area (Å²) in [6, 6.07) is 13.8. The van der Waals surface area contributed by atoms with Gasteiger partial charge >= 0.3 is 0 Å². The van der Waals surface area contributed by atoms with Crippen molar-refractivity contribution in [1.82, 2.24) is 9.55 Å². The molecule has 3 aromatic rings. The molecule has 30 heavy (non-hydrogen) atoms. The molecular formula is C27H37N3. The SMILES string of the molecule is Cc1cc(C)c2nc(Nc3ccc(C(C)C)cc3)n([C@H]3C[C@@H](C)CC(C)(C)C3)c2c1. The fourth-order valence-electron chi connectivity index (χ4n) is 5.57. The summed E-state index contributed by atoms with van der Waals surface area (Å²) < 4.78 is 2.50. The van der Waals surface area contributed by atoms with Gasteiger partial charge in [0.2, 0.25) is 5.95 Å². The molecule has 1 heterocycles. The Labute approximate surface area is 181 Å². The lowest BCUT2D eigenvalue weighted by Gasteiger charge is -2.40. The number of fused-ring (bicyclic) bond motifs is 1. The molecule has 1 aliphatic carbocycles. The van der Waals surface area contributed by atoms with Crippen molar-refractivity contribution in [2.24, 2.45) is 11.3 Å². The number of hydrogen-bond donors (Lipinski definition) is 1. The quantitative estimate of drug-likeness (QED) is 0.479. The summed E-state index contributed by atoms with van der Waals surface area (Å²) in [5, 5.41) is 3.67. The molecule has 2 atom stereocenters. The van der Waals surface area contributed by atoms with E-state index >= 15 is 0 Å². The maximum Gasteiger partial charge on any atom is 0.208 e. The monoisotopic (exact) mass is 403 g/mol. The third kappa shape index (κ3) is 4.12. The Hall–Kier alpha value is -2.29. The molecule has 3 nitrogen and oxygen atoms in total. The van der Waals surface area contributed by atoms with E-state index in [0.717, 1.165) is 23.1 Å².